The van der Waals surface area contributed by atoms with Crippen molar-refractivity contribution in [2.24, 2.45) is 5.73 Å². The Balaban J connectivity index is 2.29. The van der Waals surface area contributed by atoms with Crippen molar-refractivity contribution in [3.8, 4) is 0 Å². The second-order valence-corrected chi connectivity index (χ2v) is 4.94. The number of piperidine rings is 1. The molecular weight excluding hydrogens is 176 g/mol. The van der Waals surface area contributed by atoms with Crippen molar-refractivity contribution in [1.82, 2.24) is 4.90 Å². The number of aliphatic hydroxyl groups excluding tert-OH is 1. The number of likely N-dealkylation sites (tertiary alicyclic amines) is 1. The molecule has 1 aliphatic heterocycles. The summed E-state index contributed by atoms with van der Waals surface area (Å²) in [5.41, 5.74) is 5.50. The van der Waals surface area contributed by atoms with Gasteiger partial charge in [0.25, 0.3) is 0 Å². The molecule has 0 saturated carbocycles. The van der Waals surface area contributed by atoms with Crippen LogP contribution in [0.25, 0.3) is 0 Å². The molecule has 0 aromatic heterocycles. The van der Waals surface area contributed by atoms with E-state index in [1.165, 1.54) is 25.8 Å². The lowest BCUT2D eigenvalue weighted by Crippen LogP contribution is -2.46. The van der Waals surface area contributed by atoms with Crippen molar-refractivity contribution in [3.05, 3.63) is 0 Å². The second kappa shape index (κ2) is 5.10. The van der Waals surface area contributed by atoms with Crippen LogP contribution in [-0.2, 0) is 0 Å². The number of hydrogen-bond donors (Lipinski definition) is 2. The van der Waals surface area contributed by atoms with E-state index in [1.807, 2.05) is 6.92 Å². The first-order valence-corrected chi connectivity index (χ1v) is 5.69. The Labute approximate surface area is 87.3 Å². The predicted molar refractivity (Wildman–Crippen MR) is 59.2 cm³/mol. The summed E-state index contributed by atoms with van der Waals surface area (Å²) in [6.45, 7) is 6.50. The van der Waals surface area contributed by atoms with Crippen LogP contribution >= 0.6 is 0 Å². The quantitative estimate of drug-likeness (QED) is 0.710. The van der Waals surface area contributed by atoms with Crippen molar-refractivity contribution in [2.45, 2.75) is 51.1 Å². The van der Waals surface area contributed by atoms with Crippen molar-refractivity contribution in [3.63, 3.8) is 0 Å². The van der Waals surface area contributed by atoms with E-state index in [9.17, 15) is 0 Å². The van der Waals surface area contributed by atoms with Gasteiger partial charge in [-0.3, -0.25) is 0 Å². The minimum atomic E-state index is -0.406. The van der Waals surface area contributed by atoms with E-state index < -0.39 is 5.54 Å². The van der Waals surface area contributed by atoms with Crippen LogP contribution in [-0.4, -0.2) is 41.3 Å². The van der Waals surface area contributed by atoms with Gasteiger partial charge in [0.05, 0.1) is 6.61 Å². The molecule has 0 bridgehead atoms. The van der Waals surface area contributed by atoms with E-state index in [1.54, 1.807) is 0 Å². The Kier molecular flexibility index (Phi) is 4.35. The first-order chi connectivity index (χ1) is 6.55. The SMILES string of the molecule is CC1CCCCN1CCC(C)(N)CO. The van der Waals surface area contributed by atoms with E-state index in [0.717, 1.165) is 13.0 Å². The molecule has 0 radical (unpaired) electrons. The molecule has 84 valence electrons. The van der Waals surface area contributed by atoms with E-state index in [4.69, 9.17) is 10.8 Å². The highest BCUT2D eigenvalue weighted by Crippen LogP contribution is 2.17. The molecule has 1 aliphatic rings. The summed E-state index contributed by atoms with van der Waals surface area (Å²) in [4.78, 5) is 2.49. The standard InChI is InChI=1S/C11H24N2O/c1-10-5-3-4-7-13(10)8-6-11(2,12)9-14/h10,14H,3-9,12H2,1-2H3. The molecule has 0 aromatic rings. The van der Waals surface area contributed by atoms with E-state index in [2.05, 4.69) is 11.8 Å². The molecule has 1 fully saturated rings. The van der Waals surface area contributed by atoms with E-state index in [-0.39, 0.29) is 6.61 Å². The molecule has 0 aromatic carbocycles. The third-order valence-corrected chi connectivity index (χ3v) is 3.27. The topological polar surface area (TPSA) is 49.5 Å². The molecule has 3 nitrogen and oxygen atoms in total. The van der Waals surface area contributed by atoms with Gasteiger partial charge in [-0.1, -0.05) is 6.42 Å². The fourth-order valence-electron chi connectivity index (χ4n) is 1.97. The highest BCUT2D eigenvalue weighted by atomic mass is 16.3. The highest BCUT2D eigenvalue weighted by molar-refractivity contribution is 4.81. The zero-order valence-corrected chi connectivity index (χ0v) is 9.50. The van der Waals surface area contributed by atoms with E-state index >= 15 is 0 Å². The molecule has 1 saturated heterocycles. The average molecular weight is 200 g/mol. The number of nitrogens with zero attached hydrogens (tertiary/aromatic N) is 1. The van der Waals surface area contributed by atoms with Crippen LogP contribution in [0.15, 0.2) is 0 Å². The third kappa shape index (κ3) is 3.56. The van der Waals surface area contributed by atoms with Crippen molar-refractivity contribution in [2.75, 3.05) is 19.7 Å². The average Bonchev–Trinajstić information content (AvgIpc) is 2.17. The number of aliphatic hydroxyl groups is 1. The van der Waals surface area contributed by atoms with Crippen molar-refractivity contribution >= 4 is 0 Å². The van der Waals surface area contributed by atoms with Crippen LogP contribution in [0.3, 0.4) is 0 Å². The van der Waals surface area contributed by atoms with Gasteiger partial charge in [-0.2, -0.15) is 0 Å². The monoisotopic (exact) mass is 200 g/mol. The minimum Gasteiger partial charge on any atom is -0.394 e. The van der Waals surface area contributed by atoms with Gasteiger partial charge >= 0.3 is 0 Å². The molecular formula is C11H24N2O. The molecule has 14 heavy (non-hydrogen) atoms. The zero-order chi connectivity index (χ0) is 10.6. The normalized spacial score (nSPS) is 28.7. The molecule has 3 N–H and O–H groups in total. The maximum atomic E-state index is 9.05. The summed E-state index contributed by atoms with van der Waals surface area (Å²) in [6, 6.07) is 0.693. The fourth-order valence-corrected chi connectivity index (χ4v) is 1.97. The van der Waals surface area contributed by atoms with Gasteiger partial charge in [-0.05, 0) is 39.7 Å². The summed E-state index contributed by atoms with van der Waals surface area (Å²) in [6.07, 6.45) is 4.86. The maximum Gasteiger partial charge on any atom is 0.0608 e. The van der Waals surface area contributed by atoms with Gasteiger partial charge < -0.3 is 15.7 Å². The first kappa shape index (κ1) is 12.0. The van der Waals surface area contributed by atoms with Gasteiger partial charge in [0.1, 0.15) is 0 Å². The Hall–Kier alpha value is -0.120. The molecule has 0 aliphatic carbocycles. The minimum absolute atomic E-state index is 0.0786. The summed E-state index contributed by atoms with van der Waals surface area (Å²) >= 11 is 0. The Bertz CT molecular complexity index is 171. The van der Waals surface area contributed by atoms with E-state index in [0.29, 0.717) is 6.04 Å². The Morgan fingerprint density at radius 1 is 1.50 bits per heavy atom. The van der Waals surface area contributed by atoms with Crippen LogP contribution in [0.5, 0.6) is 0 Å². The number of hydrogen-bond acceptors (Lipinski definition) is 3. The molecule has 2 atom stereocenters. The molecule has 0 amide bonds. The van der Waals surface area contributed by atoms with Gasteiger partial charge in [-0.25, -0.2) is 0 Å². The Morgan fingerprint density at radius 3 is 2.79 bits per heavy atom. The molecule has 0 spiro atoms. The smallest absolute Gasteiger partial charge is 0.0608 e. The third-order valence-electron chi connectivity index (χ3n) is 3.27. The van der Waals surface area contributed by atoms with Crippen LogP contribution < -0.4 is 5.73 Å². The molecule has 1 rings (SSSR count). The zero-order valence-electron chi connectivity index (χ0n) is 9.50. The summed E-state index contributed by atoms with van der Waals surface area (Å²) < 4.78 is 0. The van der Waals surface area contributed by atoms with Crippen LogP contribution in [0.2, 0.25) is 0 Å². The largest absolute Gasteiger partial charge is 0.394 e. The molecule has 3 heteroatoms. The van der Waals surface area contributed by atoms with Gasteiger partial charge in [-0.15, -0.1) is 0 Å². The van der Waals surface area contributed by atoms with Crippen molar-refractivity contribution < 1.29 is 5.11 Å². The van der Waals surface area contributed by atoms with Gasteiger partial charge in [0.2, 0.25) is 0 Å². The summed E-state index contributed by atoms with van der Waals surface area (Å²) in [5, 5.41) is 9.05. The lowest BCUT2D eigenvalue weighted by molar-refractivity contribution is 0.129. The number of rotatable bonds is 4. The Morgan fingerprint density at radius 2 is 2.21 bits per heavy atom. The summed E-state index contributed by atoms with van der Waals surface area (Å²) in [7, 11) is 0. The predicted octanol–water partition coefficient (Wildman–Crippen LogP) is 0.961. The van der Waals surface area contributed by atoms with Crippen LogP contribution in [0.4, 0.5) is 0 Å². The van der Waals surface area contributed by atoms with Crippen molar-refractivity contribution in [1.29, 1.82) is 0 Å². The first-order valence-electron chi connectivity index (χ1n) is 5.69. The summed E-state index contributed by atoms with van der Waals surface area (Å²) in [5.74, 6) is 0. The highest BCUT2D eigenvalue weighted by Gasteiger charge is 2.22. The number of nitrogens with two attached hydrogens (primary N) is 1. The van der Waals surface area contributed by atoms with Crippen LogP contribution in [0.1, 0.15) is 39.5 Å². The van der Waals surface area contributed by atoms with Crippen LogP contribution in [0, 0.1) is 0 Å². The second-order valence-electron chi connectivity index (χ2n) is 4.94. The lowest BCUT2D eigenvalue weighted by atomic mass is 9.98. The molecule has 2 unspecified atom stereocenters. The molecule has 1 heterocycles. The van der Waals surface area contributed by atoms with Gasteiger partial charge in [0, 0.05) is 18.1 Å². The fraction of sp³-hybridized carbons (Fsp3) is 1.00. The lowest BCUT2D eigenvalue weighted by Gasteiger charge is -2.35. The van der Waals surface area contributed by atoms with Gasteiger partial charge in [0.15, 0.2) is 0 Å². The maximum absolute atomic E-state index is 9.05.